The maximum Gasteiger partial charge on any atom is 0.250 e. The SMILES string of the molecule is COc1ccc(CS(=O)(=O)c2cc(O[Si](C)(C)C(C)(C)C)c3ccccc3c2)cc1. The predicted octanol–water partition coefficient (Wildman–Crippen LogP) is 6.21. The number of rotatable bonds is 6. The van der Waals surface area contributed by atoms with Gasteiger partial charge in [0.05, 0.1) is 17.8 Å². The van der Waals surface area contributed by atoms with Crippen LogP contribution in [0.4, 0.5) is 0 Å². The molecule has 0 fully saturated rings. The molecule has 0 spiro atoms. The van der Waals surface area contributed by atoms with E-state index in [-0.39, 0.29) is 15.7 Å². The van der Waals surface area contributed by atoms with Gasteiger partial charge in [-0.1, -0.05) is 57.2 Å². The second-order valence-corrected chi connectivity index (χ2v) is 15.8. The van der Waals surface area contributed by atoms with Crippen LogP contribution in [0.1, 0.15) is 26.3 Å². The quantitative estimate of drug-likeness (QED) is 0.426. The summed E-state index contributed by atoms with van der Waals surface area (Å²) in [5.41, 5.74) is 0.718. The van der Waals surface area contributed by atoms with Gasteiger partial charge in [0.25, 0.3) is 8.32 Å². The zero-order valence-corrected chi connectivity index (χ0v) is 20.3. The molecule has 0 saturated carbocycles. The van der Waals surface area contributed by atoms with Crippen molar-refractivity contribution in [2.75, 3.05) is 7.11 Å². The van der Waals surface area contributed by atoms with E-state index in [1.54, 1.807) is 43.5 Å². The van der Waals surface area contributed by atoms with Gasteiger partial charge >= 0.3 is 0 Å². The molecule has 0 aromatic heterocycles. The first-order valence-electron chi connectivity index (χ1n) is 10.0. The van der Waals surface area contributed by atoms with Crippen LogP contribution in [-0.4, -0.2) is 23.8 Å². The molecular formula is C24H30O4SSi. The van der Waals surface area contributed by atoms with Crippen molar-refractivity contribution in [3.05, 3.63) is 66.2 Å². The van der Waals surface area contributed by atoms with E-state index in [1.807, 2.05) is 24.3 Å². The number of fused-ring (bicyclic) bond motifs is 1. The Morgan fingerprint density at radius 1 is 0.933 bits per heavy atom. The van der Waals surface area contributed by atoms with Gasteiger partial charge < -0.3 is 9.16 Å². The minimum Gasteiger partial charge on any atom is -0.543 e. The van der Waals surface area contributed by atoms with E-state index >= 15 is 0 Å². The molecule has 0 heterocycles. The number of hydrogen-bond donors (Lipinski definition) is 0. The molecule has 3 aromatic carbocycles. The fourth-order valence-corrected chi connectivity index (χ4v) is 5.38. The maximum absolute atomic E-state index is 13.2. The minimum atomic E-state index is -3.54. The van der Waals surface area contributed by atoms with Crippen LogP contribution in [0.5, 0.6) is 11.5 Å². The molecule has 0 atom stereocenters. The lowest BCUT2D eigenvalue weighted by atomic mass is 10.1. The second kappa shape index (κ2) is 8.08. The van der Waals surface area contributed by atoms with Crippen LogP contribution < -0.4 is 9.16 Å². The third-order valence-corrected chi connectivity index (χ3v) is 11.9. The lowest BCUT2D eigenvalue weighted by Gasteiger charge is -2.37. The Morgan fingerprint density at radius 2 is 1.57 bits per heavy atom. The highest BCUT2D eigenvalue weighted by atomic mass is 32.2. The Hall–Kier alpha value is -2.31. The molecule has 0 bridgehead atoms. The maximum atomic E-state index is 13.2. The van der Waals surface area contributed by atoms with Crippen LogP contribution in [0.15, 0.2) is 65.6 Å². The highest BCUT2D eigenvalue weighted by Crippen LogP contribution is 2.40. The lowest BCUT2D eigenvalue weighted by Crippen LogP contribution is -2.43. The van der Waals surface area contributed by atoms with Gasteiger partial charge in [0, 0.05) is 5.39 Å². The average Bonchev–Trinajstić information content (AvgIpc) is 2.67. The zero-order chi connectivity index (χ0) is 22.2. The Bertz CT molecular complexity index is 1140. The molecule has 0 aliphatic carbocycles. The summed E-state index contributed by atoms with van der Waals surface area (Å²) < 4.78 is 38.2. The van der Waals surface area contributed by atoms with Crippen LogP contribution in [0.2, 0.25) is 18.1 Å². The first kappa shape index (κ1) is 22.4. The van der Waals surface area contributed by atoms with Crippen molar-refractivity contribution >= 4 is 28.9 Å². The van der Waals surface area contributed by atoms with E-state index in [1.165, 1.54) is 0 Å². The summed E-state index contributed by atoms with van der Waals surface area (Å²) in [6.45, 7) is 10.9. The summed E-state index contributed by atoms with van der Waals surface area (Å²) in [5, 5.41) is 1.80. The molecule has 0 N–H and O–H groups in total. The van der Waals surface area contributed by atoms with Crippen molar-refractivity contribution in [3.63, 3.8) is 0 Å². The van der Waals surface area contributed by atoms with Crippen LogP contribution in [-0.2, 0) is 15.6 Å². The first-order valence-corrected chi connectivity index (χ1v) is 14.6. The van der Waals surface area contributed by atoms with Gasteiger partial charge in [-0.05, 0) is 53.3 Å². The molecule has 0 amide bonds. The number of benzene rings is 3. The number of methoxy groups -OCH3 is 1. The van der Waals surface area contributed by atoms with Crippen molar-refractivity contribution in [2.24, 2.45) is 0 Å². The Balaban J connectivity index is 2.05. The van der Waals surface area contributed by atoms with E-state index < -0.39 is 18.2 Å². The van der Waals surface area contributed by atoms with Crippen molar-refractivity contribution in [1.82, 2.24) is 0 Å². The van der Waals surface area contributed by atoms with Gasteiger partial charge in [0.15, 0.2) is 9.84 Å². The summed E-state index contributed by atoms with van der Waals surface area (Å²) in [6, 6.07) is 18.3. The molecule has 4 nitrogen and oxygen atoms in total. The van der Waals surface area contributed by atoms with Crippen molar-refractivity contribution in [1.29, 1.82) is 0 Å². The Morgan fingerprint density at radius 3 is 2.17 bits per heavy atom. The van der Waals surface area contributed by atoms with E-state index in [0.29, 0.717) is 11.5 Å². The first-order chi connectivity index (χ1) is 13.9. The zero-order valence-electron chi connectivity index (χ0n) is 18.5. The molecule has 0 saturated heterocycles. The van der Waals surface area contributed by atoms with Crippen molar-refractivity contribution in [2.45, 2.75) is 49.6 Å². The Kier molecular flexibility index (Phi) is 6.02. The Labute approximate surface area is 180 Å². The van der Waals surface area contributed by atoms with Crippen molar-refractivity contribution in [3.8, 4) is 11.5 Å². The highest BCUT2D eigenvalue weighted by Gasteiger charge is 2.39. The van der Waals surface area contributed by atoms with Gasteiger partial charge in [-0.3, -0.25) is 0 Å². The van der Waals surface area contributed by atoms with E-state index in [2.05, 4.69) is 33.9 Å². The molecule has 0 unspecified atom stereocenters. The van der Waals surface area contributed by atoms with Gasteiger partial charge in [-0.25, -0.2) is 8.42 Å². The predicted molar refractivity (Wildman–Crippen MR) is 126 cm³/mol. The van der Waals surface area contributed by atoms with Gasteiger partial charge in [-0.2, -0.15) is 0 Å². The number of hydrogen-bond acceptors (Lipinski definition) is 4. The van der Waals surface area contributed by atoms with Crippen LogP contribution in [0.3, 0.4) is 0 Å². The molecule has 30 heavy (non-hydrogen) atoms. The largest absolute Gasteiger partial charge is 0.543 e. The van der Waals surface area contributed by atoms with Gasteiger partial charge in [0.1, 0.15) is 11.5 Å². The number of sulfone groups is 1. The van der Waals surface area contributed by atoms with E-state index in [9.17, 15) is 8.42 Å². The molecule has 0 aliphatic rings. The monoisotopic (exact) mass is 442 g/mol. The second-order valence-electron chi connectivity index (χ2n) is 9.11. The summed E-state index contributed by atoms with van der Waals surface area (Å²) in [6.07, 6.45) is 0. The third-order valence-electron chi connectivity index (χ3n) is 5.84. The summed E-state index contributed by atoms with van der Waals surface area (Å²) in [4.78, 5) is 0.283. The standard InChI is InChI=1S/C24H30O4SSi/c1-24(2,3)30(5,6)28-23-16-21(15-19-9-7-8-10-22(19)23)29(25,26)17-18-11-13-20(27-4)14-12-18/h7-16H,17H2,1-6H3. The smallest absolute Gasteiger partial charge is 0.250 e. The molecule has 6 heteroatoms. The van der Waals surface area contributed by atoms with Crippen LogP contribution >= 0.6 is 0 Å². The molecule has 160 valence electrons. The van der Waals surface area contributed by atoms with E-state index in [0.717, 1.165) is 16.3 Å². The van der Waals surface area contributed by atoms with Crippen LogP contribution in [0.25, 0.3) is 10.8 Å². The van der Waals surface area contributed by atoms with Gasteiger partial charge in [0.2, 0.25) is 0 Å². The summed E-state index contributed by atoms with van der Waals surface area (Å²) >= 11 is 0. The molecule has 3 rings (SSSR count). The van der Waals surface area contributed by atoms with Crippen molar-refractivity contribution < 1.29 is 17.6 Å². The topological polar surface area (TPSA) is 52.6 Å². The normalized spacial score (nSPS) is 12.7. The van der Waals surface area contributed by atoms with Crippen LogP contribution in [0, 0.1) is 0 Å². The average molecular weight is 443 g/mol. The lowest BCUT2D eigenvalue weighted by molar-refractivity contribution is 0.414. The molecule has 0 aliphatic heterocycles. The third kappa shape index (κ3) is 4.70. The molecule has 3 aromatic rings. The van der Waals surface area contributed by atoms with Gasteiger partial charge in [-0.15, -0.1) is 0 Å². The fourth-order valence-electron chi connectivity index (χ4n) is 2.97. The minimum absolute atomic E-state index is 0.00603. The summed E-state index contributed by atoms with van der Waals surface area (Å²) in [5.74, 6) is 1.27. The summed E-state index contributed by atoms with van der Waals surface area (Å²) in [7, 11) is -4.09. The molecule has 0 radical (unpaired) electrons. The van der Waals surface area contributed by atoms with E-state index in [4.69, 9.17) is 9.16 Å². The highest BCUT2D eigenvalue weighted by molar-refractivity contribution is 7.90. The molecular weight excluding hydrogens is 412 g/mol. The fraction of sp³-hybridized carbons (Fsp3) is 0.333. The number of ether oxygens (including phenoxy) is 1.